The molecular weight excluding hydrogens is 476 g/mol. The predicted molar refractivity (Wildman–Crippen MR) is 150 cm³/mol. The number of piperazine rings is 1. The third-order valence-corrected chi connectivity index (χ3v) is 7.32. The Hall–Kier alpha value is -2.58. The highest BCUT2D eigenvalue weighted by molar-refractivity contribution is 8.00. The highest BCUT2D eigenvalue weighted by Gasteiger charge is 2.27. The molecule has 0 saturated carbocycles. The summed E-state index contributed by atoms with van der Waals surface area (Å²) in [5.74, 6) is 1.01. The molecule has 1 saturated heterocycles. The van der Waals surface area contributed by atoms with Crippen molar-refractivity contribution < 1.29 is 8.78 Å². The predicted octanol–water partition coefficient (Wildman–Crippen LogP) is 5.85. The molecule has 5 nitrogen and oxygen atoms in total. The van der Waals surface area contributed by atoms with Gasteiger partial charge in [-0.1, -0.05) is 62.9 Å². The first-order chi connectivity index (χ1) is 17.5. The van der Waals surface area contributed by atoms with Crippen LogP contribution in [0.5, 0.6) is 0 Å². The zero-order chi connectivity index (χ0) is 25.9. The van der Waals surface area contributed by atoms with E-state index < -0.39 is 12.5 Å². The fraction of sp³-hybridized carbons (Fsp3) is 0.464. The molecule has 8 heteroatoms. The Balaban J connectivity index is 0.00000176. The van der Waals surface area contributed by atoms with E-state index in [1.165, 1.54) is 11.3 Å². The minimum Gasteiger partial charge on any atom is -0.373 e. The third kappa shape index (κ3) is 7.96. The molecule has 1 N–H and O–H groups in total. The molecule has 0 amide bonds. The van der Waals surface area contributed by atoms with E-state index in [4.69, 9.17) is 0 Å². The van der Waals surface area contributed by atoms with Crippen molar-refractivity contribution in [3.8, 4) is 0 Å². The molecule has 2 aromatic carbocycles. The molecule has 0 aliphatic carbocycles. The molecular formula is C28H39F2N5S. The van der Waals surface area contributed by atoms with Gasteiger partial charge in [-0.15, -0.1) is 0 Å². The van der Waals surface area contributed by atoms with E-state index in [1.54, 1.807) is 0 Å². The van der Waals surface area contributed by atoms with Gasteiger partial charge in [0.05, 0.1) is 12.3 Å². The molecule has 2 aromatic rings. The van der Waals surface area contributed by atoms with E-state index in [2.05, 4.69) is 74.5 Å². The molecule has 1 atom stereocenters. The Bertz CT molecular complexity index is 960. The van der Waals surface area contributed by atoms with E-state index in [9.17, 15) is 8.78 Å². The van der Waals surface area contributed by atoms with Gasteiger partial charge < -0.3 is 14.6 Å². The Kier molecular flexibility index (Phi) is 11.1. The normalized spacial score (nSPS) is 17.8. The number of anilines is 1. The summed E-state index contributed by atoms with van der Waals surface area (Å²) in [6.07, 6.45) is -2.16. The molecule has 1 fully saturated rings. The minimum absolute atomic E-state index is 0.254. The van der Waals surface area contributed by atoms with Gasteiger partial charge >= 0.3 is 0 Å². The Morgan fingerprint density at radius 2 is 1.75 bits per heavy atom. The van der Waals surface area contributed by atoms with Gasteiger partial charge in [-0.25, -0.2) is 8.78 Å². The third-order valence-electron chi connectivity index (χ3n) is 6.31. The molecule has 2 aliphatic heterocycles. The van der Waals surface area contributed by atoms with Crippen molar-refractivity contribution in [1.82, 2.24) is 15.2 Å². The number of benzene rings is 2. The zero-order valence-electron chi connectivity index (χ0n) is 21.7. The number of alkyl halides is 2. The molecule has 2 heterocycles. The summed E-state index contributed by atoms with van der Waals surface area (Å²) in [6.45, 7) is 16.2. The number of hydrogen-bond acceptors (Lipinski definition) is 6. The maximum absolute atomic E-state index is 12.9. The number of hydrazone groups is 1. The van der Waals surface area contributed by atoms with Crippen molar-refractivity contribution in [2.24, 2.45) is 5.10 Å². The number of halogens is 2. The summed E-state index contributed by atoms with van der Waals surface area (Å²) in [5, 5.41) is 4.11. The van der Waals surface area contributed by atoms with Gasteiger partial charge in [0.1, 0.15) is 6.04 Å². The smallest absolute Gasteiger partial charge is 0.260 e. The van der Waals surface area contributed by atoms with Crippen molar-refractivity contribution in [2.45, 2.75) is 46.2 Å². The van der Waals surface area contributed by atoms with E-state index in [0.717, 1.165) is 56.3 Å². The second kappa shape index (κ2) is 14.2. The Labute approximate surface area is 219 Å². The molecule has 0 radical (unpaired) electrons. The summed E-state index contributed by atoms with van der Waals surface area (Å²) in [7, 11) is 0. The number of allylic oxidation sites excluding steroid dienone is 1. The number of nitrogens with one attached hydrogen (secondary N) is 1. The topological polar surface area (TPSA) is 34.1 Å². The van der Waals surface area contributed by atoms with Crippen LogP contribution in [0, 0.1) is 0 Å². The summed E-state index contributed by atoms with van der Waals surface area (Å²) in [4.78, 5) is 4.87. The van der Waals surface area contributed by atoms with Crippen molar-refractivity contribution in [3.63, 3.8) is 0 Å². The van der Waals surface area contributed by atoms with Crippen LogP contribution in [0.4, 0.5) is 14.5 Å². The monoisotopic (exact) mass is 515 g/mol. The van der Waals surface area contributed by atoms with Gasteiger partial charge in [-0.05, 0) is 42.1 Å². The number of nitrogens with zero attached hydrogens (tertiary/aromatic N) is 4. The Morgan fingerprint density at radius 3 is 2.33 bits per heavy atom. The largest absolute Gasteiger partial charge is 0.373 e. The van der Waals surface area contributed by atoms with Crippen LogP contribution in [0.25, 0.3) is 0 Å². The lowest BCUT2D eigenvalue weighted by molar-refractivity contribution is 0.106. The van der Waals surface area contributed by atoms with E-state index in [-0.39, 0.29) is 6.42 Å². The van der Waals surface area contributed by atoms with Crippen molar-refractivity contribution in [2.75, 3.05) is 42.8 Å². The maximum Gasteiger partial charge on any atom is 0.260 e. The van der Waals surface area contributed by atoms with Gasteiger partial charge in [0.25, 0.3) is 6.43 Å². The first kappa shape index (κ1) is 28.0. The number of para-hydroxylation sites is 1. The molecule has 196 valence electrons. The van der Waals surface area contributed by atoms with E-state index >= 15 is 0 Å². The summed E-state index contributed by atoms with van der Waals surface area (Å²) >= 11 is 1.85. The fourth-order valence-electron chi connectivity index (χ4n) is 4.20. The van der Waals surface area contributed by atoms with Crippen LogP contribution in [-0.4, -0.2) is 66.5 Å². The molecule has 1 unspecified atom stereocenters. The van der Waals surface area contributed by atoms with Gasteiger partial charge in [-0.2, -0.15) is 5.10 Å². The molecule has 2 aliphatic rings. The van der Waals surface area contributed by atoms with Gasteiger partial charge in [-0.3, -0.25) is 4.90 Å². The van der Waals surface area contributed by atoms with Gasteiger partial charge in [0, 0.05) is 56.3 Å². The van der Waals surface area contributed by atoms with E-state index in [1.807, 2.05) is 44.0 Å². The second-order valence-corrected chi connectivity index (χ2v) is 9.91. The van der Waals surface area contributed by atoms with E-state index in [0.29, 0.717) is 5.71 Å². The summed E-state index contributed by atoms with van der Waals surface area (Å²) in [5.41, 5.74) is 7.63. The van der Waals surface area contributed by atoms with Crippen LogP contribution in [0.2, 0.25) is 0 Å². The van der Waals surface area contributed by atoms with Crippen LogP contribution < -0.4 is 9.73 Å². The quantitative estimate of drug-likeness (QED) is 0.402. The first-order valence-corrected chi connectivity index (χ1v) is 13.7. The molecule has 4 rings (SSSR count). The average Bonchev–Trinajstić information content (AvgIpc) is 3.41. The fourth-order valence-corrected chi connectivity index (χ4v) is 5.27. The maximum atomic E-state index is 12.9. The van der Waals surface area contributed by atoms with Gasteiger partial charge in [0.2, 0.25) is 0 Å². The average molecular weight is 516 g/mol. The van der Waals surface area contributed by atoms with Crippen LogP contribution in [0.3, 0.4) is 0 Å². The minimum atomic E-state index is -2.41. The SMILES string of the molecule is C=C(C)N1CCN(CCSN(Cc2ccc(C3=NNC(C(F)F)C3)cc2)c2ccccc2)CC1.CC. The standard InChI is InChI=1S/C26H33F2N5S.C2H6/c1-20(2)32-14-12-31(13-15-32)16-17-34-33(23-6-4-3-5-7-23)19-21-8-10-22(11-9-21)24-18-25(26(27)28)30-29-24;1-2/h3-11,25-26,30H,1,12-19H2,2H3;1-2H3. The lowest BCUT2D eigenvalue weighted by Crippen LogP contribution is -2.46. The first-order valence-electron chi connectivity index (χ1n) is 12.8. The highest BCUT2D eigenvalue weighted by atomic mass is 32.2. The Morgan fingerprint density at radius 1 is 1.08 bits per heavy atom. The second-order valence-electron chi connectivity index (χ2n) is 8.80. The highest BCUT2D eigenvalue weighted by Crippen LogP contribution is 2.26. The number of hydrogen-bond donors (Lipinski definition) is 1. The van der Waals surface area contributed by atoms with Crippen LogP contribution in [0.15, 0.2) is 72.0 Å². The number of rotatable bonds is 10. The van der Waals surface area contributed by atoms with Crippen molar-refractivity contribution in [3.05, 3.63) is 78.0 Å². The lowest BCUT2D eigenvalue weighted by atomic mass is 10.0. The van der Waals surface area contributed by atoms with Crippen molar-refractivity contribution >= 4 is 23.3 Å². The van der Waals surface area contributed by atoms with Crippen molar-refractivity contribution in [1.29, 1.82) is 0 Å². The molecule has 36 heavy (non-hydrogen) atoms. The molecule has 0 aromatic heterocycles. The van der Waals surface area contributed by atoms with Crippen LogP contribution >= 0.6 is 11.9 Å². The molecule has 0 bridgehead atoms. The molecule has 0 spiro atoms. The lowest BCUT2D eigenvalue weighted by Gasteiger charge is -2.36. The summed E-state index contributed by atoms with van der Waals surface area (Å²) < 4.78 is 28.2. The van der Waals surface area contributed by atoms with Crippen LogP contribution in [0.1, 0.15) is 38.3 Å². The van der Waals surface area contributed by atoms with Gasteiger partial charge in [0.15, 0.2) is 0 Å². The zero-order valence-corrected chi connectivity index (χ0v) is 22.5. The summed E-state index contributed by atoms with van der Waals surface area (Å²) in [6, 6.07) is 17.7. The van der Waals surface area contributed by atoms with Crippen LogP contribution in [-0.2, 0) is 6.54 Å².